The van der Waals surface area contributed by atoms with Gasteiger partial charge in [0.15, 0.2) is 17.8 Å². The first kappa shape index (κ1) is 25.3. The molecule has 0 amide bonds. The van der Waals surface area contributed by atoms with Crippen molar-refractivity contribution in [3.63, 3.8) is 0 Å². The minimum Gasteiger partial charge on any atom is -0.493 e. The molecule has 1 saturated heterocycles. The van der Waals surface area contributed by atoms with Crippen LogP contribution in [-0.2, 0) is 11.3 Å². The second-order valence-electron chi connectivity index (χ2n) is 6.78. The van der Waals surface area contributed by atoms with E-state index in [1.165, 1.54) is 14.2 Å². The molecule has 1 aliphatic heterocycles. The van der Waals surface area contributed by atoms with Crippen LogP contribution >= 0.6 is 22.6 Å². The van der Waals surface area contributed by atoms with Crippen molar-refractivity contribution in [3.05, 3.63) is 53.6 Å². The molecular weight excluding hydrogens is 519 g/mol. The van der Waals surface area contributed by atoms with Crippen LogP contribution in [0.5, 0.6) is 17.2 Å². The maximum Gasteiger partial charge on any atom is 0.222 e. The number of hydrogen-bond acceptors (Lipinski definition) is 8. The third-order valence-corrected chi connectivity index (χ3v) is 5.10. The molecule has 170 valence electrons. The van der Waals surface area contributed by atoms with E-state index < -0.39 is 18.5 Å². The summed E-state index contributed by atoms with van der Waals surface area (Å²) in [7, 11) is 3.07. The number of aliphatic hydroxyl groups is 3. The van der Waals surface area contributed by atoms with Crippen LogP contribution in [0.3, 0.4) is 0 Å². The van der Waals surface area contributed by atoms with Crippen molar-refractivity contribution < 1.29 is 39.1 Å². The molecule has 3 N–H and O–H groups in total. The van der Waals surface area contributed by atoms with E-state index in [2.05, 4.69) is 0 Å². The largest absolute Gasteiger partial charge is 0.493 e. The van der Waals surface area contributed by atoms with Gasteiger partial charge in [-0.1, -0.05) is 30.3 Å². The molecule has 2 aromatic carbocycles. The van der Waals surface area contributed by atoms with Gasteiger partial charge in [0.25, 0.3) is 0 Å². The van der Waals surface area contributed by atoms with Gasteiger partial charge in [0, 0.05) is 41.0 Å². The Labute approximate surface area is 194 Å². The van der Waals surface area contributed by atoms with E-state index in [9.17, 15) is 4.79 Å². The quantitative estimate of drug-likeness (QED) is 0.359. The average molecular weight is 546 g/mol. The topological polar surface area (TPSA) is 115 Å². The highest BCUT2D eigenvalue weighted by Gasteiger charge is 2.26. The van der Waals surface area contributed by atoms with E-state index in [1.807, 2.05) is 30.3 Å². The van der Waals surface area contributed by atoms with Crippen molar-refractivity contribution >= 4 is 26.4 Å². The molecule has 2 aromatic rings. The smallest absolute Gasteiger partial charge is 0.222 e. The predicted molar refractivity (Wildman–Crippen MR) is 122 cm³/mol. The molecule has 0 aliphatic carbocycles. The molecule has 1 heterocycles. The molecular formula is C22H27IO8. The highest BCUT2D eigenvalue weighted by atomic mass is 127. The van der Waals surface area contributed by atoms with Crippen LogP contribution in [-0.4, -0.2) is 58.4 Å². The van der Waals surface area contributed by atoms with Crippen LogP contribution in [0.1, 0.15) is 28.8 Å². The van der Waals surface area contributed by atoms with Crippen LogP contribution in [0.4, 0.5) is 0 Å². The van der Waals surface area contributed by atoms with Crippen LogP contribution in [0, 0.1) is 0 Å². The van der Waals surface area contributed by atoms with Gasteiger partial charge in [-0.3, -0.25) is 4.79 Å². The number of carbonyl (C=O) groups excluding carboxylic acids is 1. The van der Waals surface area contributed by atoms with E-state index in [4.69, 9.17) is 34.3 Å². The highest BCUT2D eigenvalue weighted by Crippen LogP contribution is 2.39. The number of rotatable bonds is 7. The first-order valence-corrected chi connectivity index (χ1v) is 10.7. The minimum atomic E-state index is -0.916. The van der Waals surface area contributed by atoms with Crippen molar-refractivity contribution in [2.75, 3.05) is 20.8 Å². The molecule has 0 saturated carbocycles. The standard InChI is InChI=1S/C16H15IO4.C6H12O4/c1-19-13-8-12(16(17)18)9-14(20-2)15(13)21-10-11-6-4-3-5-7-11;7-3-5-1-4(8)2-6(9)10-5/h3-9H,10H2,1-2H3;4-9H,1-3H2. The summed E-state index contributed by atoms with van der Waals surface area (Å²) >= 11 is 1.73. The van der Waals surface area contributed by atoms with Gasteiger partial charge < -0.3 is 34.3 Å². The molecule has 0 radical (unpaired) electrons. The molecule has 3 unspecified atom stereocenters. The van der Waals surface area contributed by atoms with Crippen LogP contribution in [0.2, 0.25) is 0 Å². The molecule has 0 bridgehead atoms. The van der Waals surface area contributed by atoms with Crippen LogP contribution in [0.15, 0.2) is 42.5 Å². The maximum atomic E-state index is 11.5. The van der Waals surface area contributed by atoms with Gasteiger partial charge in [0.2, 0.25) is 9.54 Å². The van der Waals surface area contributed by atoms with E-state index in [1.54, 1.807) is 34.7 Å². The lowest BCUT2D eigenvalue weighted by atomic mass is 10.1. The Hall–Kier alpha value is -1.92. The average Bonchev–Trinajstić information content (AvgIpc) is 2.77. The number of methoxy groups -OCH3 is 2. The monoisotopic (exact) mass is 546 g/mol. The fourth-order valence-corrected chi connectivity index (χ4v) is 3.26. The summed E-state index contributed by atoms with van der Waals surface area (Å²) in [6, 6.07) is 13.1. The third-order valence-electron chi connectivity index (χ3n) is 4.48. The fraction of sp³-hybridized carbons (Fsp3) is 0.409. The second-order valence-corrected chi connectivity index (χ2v) is 7.76. The summed E-state index contributed by atoms with van der Waals surface area (Å²) in [6.07, 6.45) is -1.20. The maximum absolute atomic E-state index is 11.5. The van der Waals surface area contributed by atoms with Gasteiger partial charge >= 0.3 is 0 Å². The van der Waals surface area contributed by atoms with Crippen molar-refractivity contribution in [3.8, 4) is 17.2 Å². The van der Waals surface area contributed by atoms with Gasteiger partial charge in [-0.25, -0.2) is 0 Å². The number of hydrogen-bond donors (Lipinski definition) is 3. The van der Waals surface area contributed by atoms with E-state index >= 15 is 0 Å². The summed E-state index contributed by atoms with van der Waals surface area (Å²) in [5.74, 6) is 1.45. The Balaban J connectivity index is 0.000000285. The number of carbonyl (C=O) groups is 1. The summed E-state index contributed by atoms with van der Waals surface area (Å²) in [5.41, 5.74) is 1.55. The van der Waals surface area contributed by atoms with Gasteiger partial charge in [-0.2, -0.15) is 0 Å². The molecule has 3 atom stereocenters. The number of benzene rings is 2. The van der Waals surface area contributed by atoms with Gasteiger partial charge in [-0.05, 0) is 17.7 Å². The third kappa shape index (κ3) is 7.93. The molecule has 3 rings (SSSR count). The fourth-order valence-electron chi connectivity index (χ4n) is 2.95. The lowest BCUT2D eigenvalue weighted by Crippen LogP contribution is -2.37. The summed E-state index contributed by atoms with van der Waals surface area (Å²) < 4.78 is 21.2. The molecule has 9 heteroatoms. The zero-order valence-corrected chi connectivity index (χ0v) is 19.5. The van der Waals surface area contributed by atoms with Gasteiger partial charge in [-0.15, -0.1) is 0 Å². The Bertz CT molecular complexity index is 795. The highest BCUT2D eigenvalue weighted by molar-refractivity contribution is 14.1. The molecule has 1 aliphatic rings. The number of halogens is 1. The Morgan fingerprint density at radius 1 is 1.10 bits per heavy atom. The number of ether oxygens (including phenoxy) is 4. The van der Waals surface area contributed by atoms with Crippen LogP contribution < -0.4 is 14.2 Å². The van der Waals surface area contributed by atoms with E-state index in [-0.39, 0.29) is 16.8 Å². The lowest BCUT2D eigenvalue weighted by Gasteiger charge is -2.28. The Morgan fingerprint density at radius 2 is 1.71 bits per heavy atom. The van der Waals surface area contributed by atoms with Crippen molar-refractivity contribution in [2.24, 2.45) is 0 Å². The number of aliphatic hydroxyl groups excluding tert-OH is 3. The van der Waals surface area contributed by atoms with Crippen molar-refractivity contribution in [1.82, 2.24) is 0 Å². The van der Waals surface area contributed by atoms with E-state index in [0.29, 0.717) is 35.8 Å². The molecule has 0 aromatic heterocycles. The van der Waals surface area contributed by atoms with E-state index in [0.717, 1.165) is 5.56 Å². The normalized spacial score (nSPS) is 20.3. The first-order chi connectivity index (χ1) is 14.9. The Morgan fingerprint density at radius 3 is 2.19 bits per heavy atom. The summed E-state index contributed by atoms with van der Waals surface area (Å²) in [4.78, 5) is 11.5. The van der Waals surface area contributed by atoms with Gasteiger partial charge in [0.1, 0.15) is 6.61 Å². The molecule has 0 spiro atoms. The summed E-state index contributed by atoms with van der Waals surface area (Å²) in [6.45, 7) is 0.249. The Kier molecular flexibility index (Phi) is 10.5. The molecule has 1 fully saturated rings. The summed E-state index contributed by atoms with van der Waals surface area (Å²) in [5, 5.41) is 26.5. The zero-order valence-electron chi connectivity index (χ0n) is 17.4. The SMILES string of the molecule is COc1cc(C(=O)I)cc(OC)c1OCc1ccccc1.OCC1CC(O)CC(O)O1. The van der Waals surface area contributed by atoms with Gasteiger partial charge in [0.05, 0.1) is 33.0 Å². The first-order valence-electron chi connectivity index (χ1n) is 9.62. The second kappa shape index (κ2) is 12.8. The molecule has 31 heavy (non-hydrogen) atoms. The van der Waals surface area contributed by atoms with Crippen LogP contribution in [0.25, 0.3) is 0 Å². The zero-order chi connectivity index (χ0) is 22.8. The van der Waals surface area contributed by atoms with Crippen molar-refractivity contribution in [1.29, 1.82) is 0 Å². The lowest BCUT2D eigenvalue weighted by molar-refractivity contribution is -0.197. The molecule has 8 nitrogen and oxygen atoms in total. The predicted octanol–water partition coefficient (Wildman–Crippen LogP) is 2.70. The minimum absolute atomic E-state index is 0.0844. The van der Waals surface area contributed by atoms with Crippen molar-refractivity contribution in [2.45, 2.75) is 37.9 Å².